The third-order valence-corrected chi connectivity index (χ3v) is 4.32. The molecule has 1 aliphatic carbocycles. The highest BCUT2D eigenvalue weighted by molar-refractivity contribution is 5.04. The van der Waals surface area contributed by atoms with E-state index in [-0.39, 0.29) is 0 Å². The topological polar surface area (TPSA) is 0 Å². The van der Waals surface area contributed by atoms with E-state index >= 15 is 0 Å². The van der Waals surface area contributed by atoms with Gasteiger partial charge in [0.05, 0.1) is 0 Å². The summed E-state index contributed by atoms with van der Waals surface area (Å²) >= 11 is 0. The summed E-state index contributed by atoms with van der Waals surface area (Å²) in [4.78, 5) is 0. The number of allylic oxidation sites excluding steroid dienone is 3. The van der Waals surface area contributed by atoms with Gasteiger partial charge in [-0.05, 0) is 50.9 Å². The predicted molar refractivity (Wildman–Crippen MR) is 78.1 cm³/mol. The minimum Gasteiger partial charge on any atom is -0.0999 e. The van der Waals surface area contributed by atoms with E-state index in [1.165, 1.54) is 44.1 Å². The molecule has 1 fully saturated rings. The standard InChI is InChI=1S/C17H30/c1-13(2)16(5)10-9-15(4)12-17-8-6-7-14(3)11-17/h9,14,16-17H,1,6-8,10-12H2,2-5H3/b15-9+. The maximum atomic E-state index is 4.03. The normalized spacial score (nSPS) is 27.9. The van der Waals surface area contributed by atoms with Crippen molar-refractivity contribution in [3.05, 3.63) is 23.8 Å². The third kappa shape index (κ3) is 5.57. The fourth-order valence-corrected chi connectivity index (χ4v) is 2.86. The zero-order valence-electron chi connectivity index (χ0n) is 12.3. The quantitative estimate of drug-likeness (QED) is 0.531. The molecule has 0 aromatic heterocycles. The molecule has 0 aromatic carbocycles. The molecule has 3 atom stereocenters. The molecule has 17 heavy (non-hydrogen) atoms. The van der Waals surface area contributed by atoms with Crippen LogP contribution in [0.3, 0.4) is 0 Å². The molecular weight excluding hydrogens is 204 g/mol. The summed E-state index contributed by atoms with van der Waals surface area (Å²) < 4.78 is 0. The molecule has 1 aliphatic rings. The molecule has 0 aliphatic heterocycles. The average Bonchev–Trinajstić information content (AvgIpc) is 2.25. The first-order valence-corrected chi connectivity index (χ1v) is 7.30. The summed E-state index contributed by atoms with van der Waals surface area (Å²) in [6.07, 6.45) is 10.7. The van der Waals surface area contributed by atoms with Gasteiger partial charge in [-0.1, -0.05) is 56.9 Å². The SMILES string of the molecule is C=C(C)C(C)C/C=C(\C)CC1CCCC(C)C1. The summed E-state index contributed by atoms with van der Waals surface area (Å²) in [5, 5.41) is 0. The molecule has 0 spiro atoms. The summed E-state index contributed by atoms with van der Waals surface area (Å²) in [6.45, 7) is 13.2. The Kier molecular flexibility index (Phi) is 6.02. The van der Waals surface area contributed by atoms with Gasteiger partial charge >= 0.3 is 0 Å². The molecule has 1 saturated carbocycles. The predicted octanol–water partition coefficient (Wildman–Crippen LogP) is 5.75. The van der Waals surface area contributed by atoms with Crippen LogP contribution in [0.2, 0.25) is 0 Å². The Morgan fingerprint density at radius 3 is 2.65 bits per heavy atom. The minimum absolute atomic E-state index is 0.634. The van der Waals surface area contributed by atoms with Crippen molar-refractivity contribution in [2.24, 2.45) is 17.8 Å². The molecule has 0 aromatic rings. The largest absolute Gasteiger partial charge is 0.0999 e. The molecular formula is C17H30. The van der Waals surface area contributed by atoms with Crippen molar-refractivity contribution in [1.82, 2.24) is 0 Å². The Balaban J connectivity index is 2.34. The van der Waals surface area contributed by atoms with E-state index in [2.05, 4.69) is 40.3 Å². The van der Waals surface area contributed by atoms with Gasteiger partial charge in [0.2, 0.25) is 0 Å². The van der Waals surface area contributed by atoms with Crippen molar-refractivity contribution < 1.29 is 0 Å². The fraction of sp³-hybridized carbons (Fsp3) is 0.765. The first kappa shape index (κ1) is 14.5. The van der Waals surface area contributed by atoms with E-state index in [0.717, 1.165) is 11.8 Å². The maximum absolute atomic E-state index is 4.03. The molecule has 0 bridgehead atoms. The van der Waals surface area contributed by atoms with Gasteiger partial charge in [-0.15, -0.1) is 0 Å². The summed E-state index contributed by atoms with van der Waals surface area (Å²) in [5.74, 6) is 2.54. The van der Waals surface area contributed by atoms with Crippen LogP contribution in [0.15, 0.2) is 23.8 Å². The van der Waals surface area contributed by atoms with Crippen LogP contribution in [0.1, 0.15) is 66.2 Å². The first-order valence-electron chi connectivity index (χ1n) is 7.30. The van der Waals surface area contributed by atoms with Crippen LogP contribution in [0.25, 0.3) is 0 Å². The summed E-state index contributed by atoms with van der Waals surface area (Å²) in [7, 11) is 0. The van der Waals surface area contributed by atoms with Gasteiger partial charge < -0.3 is 0 Å². The van der Waals surface area contributed by atoms with Crippen LogP contribution < -0.4 is 0 Å². The first-order chi connectivity index (χ1) is 7.99. The highest BCUT2D eigenvalue weighted by Gasteiger charge is 2.18. The Morgan fingerprint density at radius 1 is 1.35 bits per heavy atom. The third-order valence-electron chi connectivity index (χ3n) is 4.32. The lowest BCUT2D eigenvalue weighted by molar-refractivity contribution is 0.281. The van der Waals surface area contributed by atoms with Crippen molar-refractivity contribution in [3.8, 4) is 0 Å². The highest BCUT2D eigenvalue weighted by atomic mass is 14.2. The highest BCUT2D eigenvalue weighted by Crippen LogP contribution is 2.32. The number of hydrogen-bond acceptors (Lipinski definition) is 0. The lowest BCUT2D eigenvalue weighted by Crippen LogP contribution is -2.13. The van der Waals surface area contributed by atoms with Gasteiger partial charge in [0, 0.05) is 0 Å². The molecule has 0 saturated heterocycles. The zero-order chi connectivity index (χ0) is 12.8. The van der Waals surface area contributed by atoms with Gasteiger partial charge in [0.25, 0.3) is 0 Å². The second-order valence-electron chi connectivity index (χ2n) is 6.38. The average molecular weight is 234 g/mol. The van der Waals surface area contributed by atoms with E-state index in [1.54, 1.807) is 5.57 Å². The zero-order valence-corrected chi connectivity index (χ0v) is 12.3. The van der Waals surface area contributed by atoms with E-state index in [1.807, 2.05) is 0 Å². The molecule has 3 unspecified atom stereocenters. The van der Waals surface area contributed by atoms with E-state index in [4.69, 9.17) is 0 Å². The molecule has 1 rings (SSSR count). The van der Waals surface area contributed by atoms with Crippen LogP contribution in [0, 0.1) is 17.8 Å². The van der Waals surface area contributed by atoms with Crippen molar-refractivity contribution in [2.75, 3.05) is 0 Å². The van der Waals surface area contributed by atoms with Crippen molar-refractivity contribution in [3.63, 3.8) is 0 Å². The molecule has 0 heterocycles. The van der Waals surface area contributed by atoms with Crippen LogP contribution in [-0.2, 0) is 0 Å². The van der Waals surface area contributed by atoms with E-state index in [9.17, 15) is 0 Å². The monoisotopic (exact) mass is 234 g/mol. The van der Waals surface area contributed by atoms with Crippen molar-refractivity contribution in [2.45, 2.75) is 66.2 Å². The molecule has 0 N–H and O–H groups in total. The van der Waals surface area contributed by atoms with Crippen LogP contribution in [-0.4, -0.2) is 0 Å². The Bertz CT molecular complexity index is 272. The second kappa shape index (κ2) is 7.03. The van der Waals surface area contributed by atoms with E-state index < -0.39 is 0 Å². The molecule has 98 valence electrons. The maximum Gasteiger partial charge on any atom is -0.0202 e. The molecule has 0 radical (unpaired) electrons. The van der Waals surface area contributed by atoms with Crippen molar-refractivity contribution >= 4 is 0 Å². The lowest BCUT2D eigenvalue weighted by Gasteiger charge is -2.27. The van der Waals surface area contributed by atoms with E-state index in [0.29, 0.717) is 5.92 Å². The second-order valence-corrected chi connectivity index (χ2v) is 6.38. The number of hydrogen-bond donors (Lipinski definition) is 0. The summed E-state index contributed by atoms with van der Waals surface area (Å²) in [6, 6.07) is 0. The van der Waals surface area contributed by atoms with Gasteiger partial charge in [-0.3, -0.25) is 0 Å². The van der Waals surface area contributed by atoms with Crippen LogP contribution in [0.5, 0.6) is 0 Å². The molecule has 0 nitrogen and oxygen atoms in total. The van der Waals surface area contributed by atoms with Gasteiger partial charge in [0.15, 0.2) is 0 Å². The van der Waals surface area contributed by atoms with Crippen LogP contribution in [0.4, 0.5) is 0 Å². The van der Waals surface area contributed by atoms with Gasteiger partial charge in [0.1, 0.15) is 0 Å². The van der Waals surface area contributed by atoms with Crippen molar-refractivity contribution in [1.29, 1.82) is 0 Å². The molecule has 0 heteroatoms. The number of rotatable bonds is 5. The molecule has 0 amide bonds. The lowest BCUT2D eigenvalue weighted by atomic mass is 9.79. The Morgan fingerprint density at radius 2 is 2.06 bits per heavy atom. The Labute approximate surface area is 108 Å². The van der Waals surface area contributed by atoms with Gasteiger partial charge in [-0.2, -0.15) is 0 Å². The van der Waals surface area contributed by atoms with Gasteiger partial charge in [-0.25, -0.2) is 0 Å². The smallest absolute Gasteiger partial charge is 0.0202 e. The van der Waals surface area contributed by atoms with Crippen LogP contribution >= 0.6 is 0 Å². The fourth-order valence-electron chi connectivity index (χ4n) is 2.86. The Hall–Kier alpha value is -0.520. The summed E-state index contributed by atoms with van der Waals surface area (Å²) in [5.41, 5.74) is 2.90. The minimum atomic E-state index is 0.634.